The summed E-state index contributed by atoms with van der Waals surface area (Å²) < 4.78 is 23.5. The highest BCUT2D eigenvalue weighted by Gasteiger charge is 2.32. The number of anilines is 1. The molecule has 5 heteroatoms. The van der Waals surface area contributed by atoms with E-state index < -0.39 is 15.4 Å². The summed E-state index contributed by atoms with van der Waals surface area (Å²) in [7, 11) is -3.26. The van der Waals surface area contributed by atoms with E-state index in [4.69, 9.17) is 0 Å². The van der Waals surface area contributed by atoms with Crippen molar-refractivity contribution in [3.05, 3.63) is 24.3 Å². The van der Waals surface area contributed by atoms with E-state index in [0.29, 0.717) is 18.2 Å². The molecule has 1 saturated carbocycles. The fourth-order valence-corrected chi connectivity index (χ4v) is 3.86. The molecule has 0 saturated heterocycles. The Bertz CT molecular complexity index is 575. The SMILES string of the molecule is CCC1CCC(O)(CNc2ccccc2S(C)(=O)=O)CC1. The summed E-state index contributed by atoms with van der Waals surface area (Å²) in [6.45, 7) is 2.59. The highest BCUT2D eigenvalue weighted by Crippen LogP contribution is 2.34. The Morgan fingerprint density at radius 1 is 1.29 bits per heavy atom. The molecule has 1 aromatic carbocycles. The Hall–Kier alpha value is -1.07. The van der Waals surface area contributed by atoms with Gasteiger partial charge in [0.05, 0.1) is 16.2 Å². The molecule has 1 aliphatic rings. The molecule has 0 aliphatic heterocycles. The first-order valence-electron chi connectivity index (χ1n) is 7.59. The van der Waals surface area contributed by atoms with Gasteiger partial charge in [-0.15, -0.1) is 0 Å². The van der Waals surface area contributed by atoms with E-state index in [9.17, 15) is 13.5 Å². The van der Waals surface area contributed by atoms with E-state index in [2.05, 4.69) is 12.2 Å². The maximum Gasteiger partial charge on any atom is 0.177 e. The Morgan fingerprint density at radius 3 is 2.48 bits per heavy atom. The molecule has 1 aliphatic carbocycles. The van der Waals surface area contributed by atoms with Crippen LogP contribution < -0.4 is 5.32 Å². The summed E-state index contributed by atoms with van der Waals surface area (Å²) in [6, 6.07) is 6.85. The van der Waals surface area contributed by atoms with E-state index in [1.807, 2.05) is 0 Å². The fraction of sp³-hybridized carbons (Fsp3) is 0.625. The first-order chi connectivity index (χ1) is 9.84. The van der Waals surface area contributed by atoms with Crippen molar-refractivity contribution in [1.29, 1.82) is 0 Å². The maximum absolute atomic E-state index is 11.8. The van der Waals surface area contributed by atoms with E-state index in [0.717, 1.165) is 25.7 Å². The average molecular weight is 311 g/mol. The predicted molar refractivity (Wildman–Crippen MR) is 85.2 cm³/mol. The van der Waals surface area contributed by atoms with Gasteiger partial charge in [-0.1, -0.05) is 25.5 Å². The molecule has 0 atom stereocenters. The molecule has 0 radical (unpaired) electrons. The van der Waals surface area contributed by atoms with Crippen LogP contribution in [0.2, 0.25) is 0 Å². The van der Waals surface area contributed by atoms with Crippen LogP contribution in [-0.2, 0) is 9.84 Å². The molecule has 0 heterocycles. The van der Waals surface area contributed by atoms with Crippen molar-refractivity contribution in [2.75, 3.05) is 18.1 Å². The van der Waals surface area contributed by atoms with Gasteiger partial charge in [0.25, 0.3) is 0 Å². The second-order valence-electron chi connectivity index (χ2n) is 6.20. The van der Waals surface area contributed by atoms with Crippen molar-refractivity contribution in [2.24, 2.45) is 5.92 Å². The van der Waals surface area contributed by atoms with Gasteiger partial charge < -0.3 is 10.4 Å². The lowest BCUT2D eigenvalue weighted by Gasteiger charge is -2.36. The summed E-state index contributed by atoms with van der Waals surface area (Å²) in [5.41, 5.74) is -0.151. The van der Waals surface area contributed by atoms with Gasteiger partial charge in [0, 0.05) is 12.8 Å². The number of sulfone groups is 1. The fourth-order valence-electron chi connectivity index (χ4n) is 3.00. The molecule has 0 amide bonds. The van der Waals surface area contributed by atoms with Gasteiger partial charge >= 0.3 is 0 Å². The second-order valence-corrected chi connectivity index (χ2v) is 8.18. The van der Waals surface area contributed by atoms with Crippen molar-refractivity contribution in [1.82, 2.24) is 0 Å². The number of hydrogen-bond donors (Lipinski definition) is 2. The molecule has 1 aromatic rings. The first kappa shape index (κ1) is 16.3. The topological polar surface area (TPSA) is 66.4 Å². The minimum Gasteiger partial charge on any atom is -0.388 e. The standard InChI is InChI=1S/C16H25NO3S/c1-3-13-8-10-16(18,11-9-13)12-17-14-6-4-5-7-15(14)21(2,19)20/h4-7,13,17-18H,3,8-12H2,1-2H3. The van der Waals surface area contributed by atoms with Gasteiger partial charge in [-0.3, -0.25) is 0 Å². The third-order valence-corrected chi connectivity index (χ3v) is 5.66. The second kappa shape index (κ2) is 6.36. The van der Waals surface area contributed by atoms with Crippen molar-refractivity contribution < 1.29 is 13.5 Å². The molecule has 2 rings (SSSR count). The highest BCUT2D eigenvalue weighted by atomic mass is 32.2. The monoisotopic (exact) mass is 311 g/mol. The Morgan fingerprint density at radius 2 is 1.90 bits per heavy atom. The minimum atomic E-state index is -3.26. The van der Waals surface area contributed by atoms with Gasteiger partial charge in [0.15, 0.2) is 9.84 Å². The Labute approximate surface area is 127 Å². The summed E-state index contributed by atoms with van der Waals surface area (Å²) in [6.07, 6.45) is 6.01. The molecule has 0 bridgehead atoms. The van der Waals surface area contributed by atoms with Crippen molar-refractivity contribution in [3.63, 3.8) is 0 Å². The van der Waals surface area contributed by atoms with Crippen molar-refractivity contribution in [3.8, 4) is 0 Å². The quantitative estimate of drug-likeness (QED) is 0.877. The van der Waals surface area contributed by atoms with Crippen LogP contribution in [0.25, 0.3) is 0 Å². The third kappa shape index (κ3) is 4.20. The van der Waals surface area contributed by atoms with Crippen LogP contribution >= 0.6 is 0 Å². The van der Waals surface area contributed by atoms with Crippen LogP contribution in [0.15, 0.2) is 29.2 Å². The minimum absolute atomic E-state index is 0.288. The number of para-hydroxylation sites is 1. The van der Waals surface area contributed by atoms with Crippen LogP contribution in [-0.4, -0.2) is 31.9 Å². The largest absolute Gasteiger partial charge is 0.388 e. The van der Waals surface area contributed by atoms with E-state index in [1.54, 1.807) is 24.3 Å². The van der Waals surface area contributed by atoms with Gasteiger partial charge in [0.2, 0.25) is 0 Å². The van der Waals surface area contributed by atoms with Gasteiger partial charge in [-0.25, -0.2) is 8.42 Å². The lowest BCUT2D eigenvalue weighted by Crippen LogP contribution is -2.40. The zero-order chi connectivity index (χ0) is 15.5. The third-order valence-electron chi connectivity index (χ3n) is 4.51. The Kier molecular flexibility index (Phi) is 4.94. The highest BCUT2D eigenvalue weighted by molar-refractivity contribution is 7.90. The molecule has 0 aromatic heterocycles. The van der Waals surface area contributed by atoms with Crippen molar-refractivity contribution >= 4 is 15.5 Å². The number of nitrogens with one attached hydrogen (secondary N) is 1. The number of hydrogen-bond acceptors (Lipinski definition) is 4. The Balaban J connectivity index is 2.04. The van der Waals surface area contributed by atoms with E-state index in [-0.39, 0.29) is 4.90 Å². The van der Waals surface area contributed by atoms with Crippen LogP contribution in [0, 0.1) is 5.92 Å². The lowest BCUT2D eigenvalue weighted by molar-refractivity contribution is 0.00225. The van der Waals surface area contributed by atoms with Crippen LogP contribution in [0.4, 0.5) is 5.69 Å². The number of rotatable bonds is 5. The molecule has 2 N–H and O–H groups in total. The number of benzene rings is 1. The zero-order valence-corrected chi connectivity index (χ0v) is 13.6. The predicted octanol–water partition coefficient (Wildman–Crippen LogP) is 2.83. The summed E-state index contributed by atoms with van der Waals surface area (Å²) in [5.74, 6) is 0.716. The van der Waals surface area contributed by atoms with Crippen LogP contribution in [0.1, 0.15) is 39.0 Å². The maximum atomic E-state index is 11.8. The number of aliphatic hydroxyl groups is 1. The lowest BCUT2D eigenvalue weighted by atomic mass is 9.78. The molecule has 1 fully saturated rings. The normalized spacial score (nSPS) is 26.5. The molecule has 4 nitrogen and oxygen atoms in total. The van der Waals surface area contributed by atoms with Gasteiger partial charge in [0.1, 0.15) is 0 Å². The summed E-state index contributed by atoms with van der Waals surface area (Å²) in [4.78, 5) is 0.288. The zero-order valence-electron chi connectivity index (χ0n) is 12.8. The molecule has 21 heavy (non-hydrogen) atoms. The van der Waals surface area contributed by atoms with Crippen LogP contribution in [0.5, 0.6) is 0 Å². The summed E-state index contributed by atoms with van der Waals surface area (Å²) in [5, 5.41) is 13.8. The molecule has 118 valence electrons. The molecular weight excluding hydrogens is 286 g/mol. The average Bonchev–Trinajstić information content (AvgIpc) is 2.45. The van der Waals surface area contributed by atoms with E-state index >= 15 is 0 Å². The smallest absolute Gasteiger partial charge is 0.177 e. The molecule has 0 spiro atoms. The van der Waals surface area contributed by atoms with Crippen molar-refractivity contribution in [2.45, 2.75) is 49.5 Å². The van der Waals surface area contributed by atoms with Gasteiger partial charge in [-0.2, -0.15) is 0 Å². The van der Waals surface area contributed by atoms with Crippen LogP contribution in [0.3, 0.4) is 0 Å². The van der Waals surface area contributed by atoms with E-state index in [1.165, 1.54) is 12.7 Å². The summed E-state index contributed by atoms with van der Waals surface area (Å²) >= 11 is 0. The van der Waals surface area contributed by atoms with Gasteiger partial charge in [-0.05, 0) is 43.7 Å². The molecule has 0 unspecified atom stereocenters. The molecular formula is C16H25NO3S. The first-order valence-corrected chi connectivity index (χ1v) is 9.48.